The van der Waals surface area contributed by atoms with Crippen LogP contribution in [-0.4, -0.2) is 48.9 Å². The Morgan fingerprint density at radius 3 is 2.83 bits per heavy atom. The maximum atomic E-state index is 7.61. The number of amidine groups is 1. The molecule has 1 rings (SSSR count). The van der Waals surface area contributed by atoms with Crippen molar-refractivity contribution in [3.8, 4) is 0 Å². The van der Waals surface area contributed by atoms with Crippen LogP contribution in [0.5, 0.6) is 0 Å². The van der Waals surface area contributed by atoms with E-state index in [1.807, 2.05) is 0 Å². The standard InChI is InChI=1S/C9H19N3/c1-3-11(2)7-8-12-6-4-5-9(12)10/h10H,3-8H2,1-2H3. The first-order valence-electron chi connectivity index (χ1n) is 4.75. The third-order valence-corrected chi connectivity index (χ3v) is 2.51. The molecule has 0 spiro atoms. The van der Waals surface area contributed by atoms with E-state index in [0.717, 1.165) is 38.4 Å². The third-order valence-electron chi connectivity index (χ3n) is 2.51. The fourth-order valence-electron chi connectivity index (χ4n) is 1.43. The first-order chi connectivity index (χ1) is 5.74. The zero-order chi connectivity index (χ0) is 8.97. The van der Waals surface area contributed by atoms with Gasteiger partial charge in [0.25, 0.3) is 0 Å². The van der Waals surface area contributed by atoms with E-state index in [4.69, 9.17) is 5.41 Å². The van der Waals surface area contributed by atoms with Gasteiger partial charge in [-0.15, -0.1) is 0 Å². The van der Waals surface area contributed by atoms with Crippen molar-refractivity contribution in [1.29, 1.82) is 5.41 Å². The second-order valence-corrected chi connectivity index (χ2v) is 3.43. The predicted octanol–water partition coefficient (Wildman–Crippen LogP) is 1.01. The van der Waals surface area contributed by atoms with Gasteiger partial charge in [-0.25, -0.2) is 0 Å². The summed E-state index contributed by atoms with van der Waals surface area (Å²) in [4.78, 5) is 4.47. The summed E-state index contributed by atoms with van der Waals surface area (Å²) in [5, 5.41) is 7.61. The predicted molar refractivity (Wildman–Crippen MR) is 51.7 cm³/mol. The van der Waals surface area contributed by atoms with Gasteiger partial charge in [0.15, 0.2) is 0 Å². The van der Waals surface area contributed by atoms with Gasteiger partial charge in [0, 0.05) is 26.1 Å². The minimum atomic E-state index is 0.833. The minimum absolute atomic E-state index is 0.833. The molecule has 70 valence electrons. The number of hydrogen-bond acceptors (Lipinski definition) is 2. The van der Waals surface area contributed by atoms with Crippen LogP contribution in [0.15, 0.2) is 0 Å². The Morgan fingerprint density at radius 1 is 1.58 bits per heavy atom. The molecular formula is C9H19N3. The molecule has 1 aliphatic heterocycles. The molecule has 0 aromatic heterocycles. The monoisotopic (exact) mass is 169 g/mol. The van der Waals surface area contributed by atoms with Crippen LogP contribution in [-0.2, 0) is 0 Å². The summed E-state index contributed by atoms with van der Waals surface area (Å²) in [6, 6.07) is 0. The Balaban J connectivity index is 2.18. The average molecular weight is 169 g/mol. The lowest BCUT2D eigenvalue weighted by Gasteiger charge is -2.21. The molecule has 12 heavy (non-hydrogen) atoms. The zero-order valence-corrected chi connectivity index (χ0v) is 8.14. The first kappa shape index (κ1) is 9.52. The van der Waals surface area contributed by atoms with Crippen LogP contribution in [0.25, 0.3) is 0 Å². The van der Waals surface area contributed by atoms with E-state index in [0.29, 0.717) is 0 Å². The van der Waals surface area contributed by atoms with E-state index in [1.165, 1.54) is 6.42 Å². The molecule has 0 radical (unpaired) electrons. The van der Waals surface area contributed by atoms with Crippen LogP contribution in [0.3, 0.4) is 0 Å². The minimum Gasteiger partial charge on any atom is -0.359 e. The van der Waals surface area contributed by atoms with Crippen LogP contribution in [0.1, 0.15) is 19.8 Å². The van der Waals surface area contributed by atoms with Crippen molar-refractivity contribution in [3.05, 3.63) is 0 Å². The van der Waals surface area contributed by atoms with Crippen LogP contribution >= 0.6 is 0 Å². The van der Waals surface area contributed by atoms with Gasteiger partial charge >= 0.3 is 0 Å². The molecule has 3 nitrogen and oxygen atoms in total. The van der Waals surface area contributed by atoms with Crippen molar-refractivity contribution in [2.24, 2.45) is 0 Å². The highest BCUT2D eigenvalue weighted by atomic mass is 15.2. The summed E-state index contributed by atoms with van der Waals surface area (Å²) in [7, 11) is 2.12. The molecule has 0 unspecified atom stereocenters. The number of likely N-dealkylation sites (N-methyl/N-ethyl adjacent to an activating group) is 1. The Morgan fingerprint density at radius 2 is 2.33 bits per heavy atom. The van der Waals surface area contributed by atoms with E-state index in [1.54, 1.807) is 0 Å². The van der Waals surface area contributed by atoms with Gasteiger partial charge < -0.3 is 9.80 Å². The molecule has 0 bridgehead atoms. The normalized spacial score (nSPS) is 17.9. The van der Waals surface area contributed by atoms with Gasteiger partial charge in [0.05, 0.1) is 5.84 Å². The van der Waals surface area contributed by atoms with Crippen molar-refractivity contribution >= 4 is 5.84 Å². The molecule has 0 aromatic rings. The largest absolute Gasteiger partial charge is 0.359 e. The van der Waals surface area contributed by atoms with Gasteiger partial charge in [0.2, 0.25) is 0 Å². The van der Waals surface area contributed by atoms with Gasteiger partial charge in [-0.3, -0.25) is 5.41 Å². The number of nitrogens with zero attached hydrogens (tertiary/aromatic N) is 2. The maximum absolute atomic E-state index is 7.61. The van der Waals surface area contributed by atoms with E-state index < -0.39 is 0 Å². The summed E-state index contributed by atoms with van der Waals surface area (Å²) in [5.41, 5.74) is 0. The molecule has 0 saturated carbocycles. The smallest absolute Gasteiger partial charge is 0.0958 e. The Bertz CT molecular complexity index is 156. The fourth-order valence-corrected chi connectivity index (χ4v) is 1.43. The highest BCUT2D eigenvalue weighted by molar-refractivity contribution is 5.80. The van der Waals surface area contributed by atoms with Crippen LogP contribution in [0.2, 0.25) is 0 Å². The highest BCUT2D eigenvalue weighted by Crippen LogP contribution is 2.08. The third kappa shape index (κ3) is 2.48. The molecule has 3 heteroatoms. The lowest BCUT2D eigenvalue weighted by atomic mass is 10.4. The van der Waals surface area contributed by atoms with E-state index >= 15 is 0 Å². The molecule has 1 N–H and O–H groups in total. The van der Waals surface area contributed by atoms with Crippen molar-refractivity contribution in [2.75, 3.05) is 33.2 Å². The van der Waals surface area contributed by atoms with Gasteiger partial charge in [0.1, 0.15) is 0 Å². The molecule has 1 saturated heterocycles. The number of nitrogens with one attached hydrogen (secondary N) is 1. The Kier molecular flexibility index (Phi) is 3.53. The van der Waals surface area contributed by atoms with Crippen LogP contribution in [0, 0.1) is 5.41 Å². The first-order valence-corrected chi connectivity index (χ1v) is 4.75. The summed E-state index contributed by atoms with van der Waals surface area (Å²) in [5.74, 6) is 0.833. The highest BCUT2D eigenvalue weighted by Gasteiger charge is 2.15. The summed E-state index contributed by atoms with van der Waals surface area (Å²) in [6.45, 7) is 6.47. The number of rotatable bonds is 4. The Hall–Kier alpha value is -0.570. The molecule has 0 aromatic carbocycles. The molecule has 0 atom stereocenters. The second kappa shape index (κ2) is 4.45. The quantitative estimate of drug-likeness (QED) is 0.681. The lowest BCUT2D eigenvalue weighted by molar-refractivity contribution is 0.308. The fraction of sp³-hybridized carbons (Fsp3) is 0.889. The molecule has 0 aliphatic carbocycles. The summed E-state index contributed by atoms with van der Waals surface area (Å²) < 4.78 is 0. The number of hydrogen-bond donors (Lipinski definition) is 1. The average Bonchev–Trinajstić information content (AvgIpc) is 2.47. The van der Waals surface area contributed by atoms with E-state index in [-0.39, 0.29) is 0 Å². The van der Waals surface area contributed by atoms with Crippen molar-refractivity contribution < 1.29 is 0 Å². The summed E-state index contributed by atoms with van der Waals surface area (Å²) in [6.07, 6.45) is 2.16. The van der Waals surface area contributed by atoms with E-state index in [9.17, 15) is 0 Å². The van der Waals surface area contributed by atoms with Crippen molar-refractivity contribution in [3.63, 3.8) is 0 Å². The molecule has 1 fully saturated rings. The lowest BCUT2D eigenvalue weighted by Crippen LogP contribution is -2.33. The molecular weight excluding hydrogens is 150 g/mol. The number of likely N-dealkylation sites (tertiary alicyclic amines) is 1. The van der Waals surface area contributed by atoms with Gasteiger partial charge in [-0.05, 0) is 20.0 Å². The molecule has 1 aliphatic rings. The SMILES string of the molecule is CCN(C)CCN1CCCC1=N. The van der Waals surface area contributed by atoms with Crippen LogP contribution in [0.4, 0.5) is 0 Å². The van der Waals surface area contributed by atoms with Crippen molar-refractivity contribution in [1.82, 2.24) is 9.80 Å². The van der Waals surface area contributed by atoms with Crippen molar-refractivity contribution in [2.45, 2.75) is 19.8 Å². The maximum Gasteiger partial charge on any atom is 0.0958 e. The van der Waals surface area contributed by atoms with Gasteiger partial charge in [-0.1, -0.05) is 6.92 Å². The van der Waals surface area contributed by atoms with Crippen LogP contribution < -0.4 is 0 Å². The van der Waals surface area contributed by atoms with Gasteiger partial charge in [-0.2, -0.15) is 0 Å². The van der Waals surface area contributed by atoms with E-state index in [2.05, 4.69) is 23.8 Å². The second-order valence-electron chi connectivity index (χ2n) is 3.43. The Labute approximate surface area is 74.9 Å². The topological polar surface area (TPSA) is 30.3 Å². The molecule has 1 heterocycles. The summed E-state index contributed by atoms with van der Waals surface area (Å²) >= 11 is 0. The zero-order valence-electron chi connectivity index (χ0n) is 8.14. The molecule has 0 amide bonds.